The van der Waals surface area contributed by atoms with Crippen LogP contribution < -0.4 is 0 Å². The van der Waals surface area contributed by atoms with Crippen LogP contribution in [0.2, 0.25) is 0 Å². The van der Waals surface area contributed by atoms with Gasteiger partial charge in [-0.3, -0.25) is 9.38 Å². The predicted octanol–water partition coefficient (Wildman–Crippen LogP) is 5.66. The number of hydrogen-bond acceptors (Lipinski definition) is 3. The number of alkyl halides is 3. The summed E-state index contributed by atoms with van der Waals surface area (Å²) in [5, 5.41) is 0. The minimum atomic E-state index is -2.26. The molecular formula is C24H28F3NO2. The molecule has 0 amide bonds. The van der Waals surface area contributed by atoms with Crippen molar-refractivity contribution in [1.82, 2.24) is 0 Å². The molecule has 2 aromatic carbocycles. The van der Waals surface area contributed by atoms with E-state index in [9.17, 15) is 13.6 Å². The van der Waals surface area contributed by atoms with E-state index in [2.05, 4.69) is 4.99 Å². The van der Waals surface area contributed by atoms with E-state index in [1.807, 2.05) is 12.1 Å². The van der Waals surface area contributed by atoms with Gasteiger partial charge in [0, 0.05) is 11.1 Å². The topological polar surface area (TPSA) is 38.7 Å². The third-order valence-corrected chi connectivity index (χ3v) is 4.27. The molecule has 0 fully saturated rings. The van der Waals surface area contributed by atoms with Crippen LogP contribution in [0.25, 0.3) is 0 Å². The zero-order chi connectivity index (χ0) is 22.1. The fourth-order valence-corrected chi connectivity index (χ4v) is 2.89. The number of carbonyl (C=O) groups is 1. The van der Waals surface area contributed by atoms with Gasteiger partial charge in [0.15, 0.2) is 12.2 Å². The van der Waals surface area contributed by atoms with E-state index >= 15 is 4.39 Å². The molecule has 3 nitrogen and oxygen atoms in total. The maximum Gasteiger partial charge on any atom is 0.334 e. The van der Waals surface area contributed by atoms with E-state index in [0.29, 0.717) is 16.8 Å². The Morgan fingerprint density at radius 2 is 1.47 bits per heavy atom. The number of aliphatic imine (C=N–C) groups is 1. The van der Waals surface area contributed by atoms with Crippen LogP contribution in [-0.2, 0) is 9.53 Å². The van der Waals surface area contributed by atoms with Gasteiger partial charge in [-0.05, 0) is 33.6 Å². The van der Waals surface area contributed by atoms with Gasteiger partial charge in [0.2, 0.25) is 0 Å². The van der Waals surface area contributed by atoms with E-state index in [1.165, 1.54) is 0 Å². The molecule has 3 unspecified atom stereocenters. The molecule has 30 heavy (non-hydrogen) atoms. The molecule has 0 aliphatic rings. The van der Waals surface area contributed by atoms with Crippen molar-refractivity contribution in [3.8, 4) is 0 Å². The first-order valence-electron chi connectivity index (χ1n) is 9.98. The molecule has 0 spiro atoms. The van der Waals surface area contributed by atoms with Crippen molar-refractivity contribution in [2.45, 2.75) is 57.6 Å². The van der Waals surface area contributed by atoms with E-state index in [0.717, 1.165) is 0 Å². The van der Waals surface area contributed by atoms with Gasteiger partial charge in [0.1, 0.15) is 11.8 Å². The summed E-state index contributed by atoms with van der Waals surface area (Å²) in [6.07, 6.45) is -4.75. The number of esters is 1. The summed E-state index contributed by atoms with van der Waals surface area (Å²) < 4.78 is 47.3. The average molecular weight is 419 g/mol. The normalized spacial score (nSPS) is 14.5. The lowest BCUT2D eigenvalue weighted by atomic mass is 10.00. The van der Waals surface area contributed by atoms with Crippen LogP contribution in [0.3, 0.4) is 0 Å². The minimum Gasteiger partial charge on any atom is -0.458 e. The Morgan fingerprint density at radius 3 is 1.90 bits per heavy atom. The second-order valence-electron chi connectivity index (χ2n) is 7.98. The number of carbonyl (C=O) groups excluding carboxylic acids is 1. The molecule has 3 atom stereocenters. The van der Waals surface area contributed by atoms with Gasteiger partial charge in [0.25, 0.3) is 0 Å². The lowest BCUT2D eigenvalue weighted by molar-refractivity contribution is -0.158. The summed E-state index contributed by atoms with van der Waals surface area (Å²) in [6, 6.07) is 16.2. The summed E-state index contributed by atoms with van der Waals surface area (Å²) in [4.78, 5) is 17.1. The molecule has 0 saturated carbocycles. The molecule has 0 aliphatic carbocycles. The number of hydrogen-bond donors (Lipinski definition) is 0. The highest BCUT2D eigenvalue weighted by Gasteiger charge is 2.38. The fourth-order valence-electron chi connectivity index (χ4n) is 2.89. The second-order valence-corrected chi connectivity index (χ2v) is 7.98. The summed E-state index contributed by atoms with van der Waals surface area (Å²) >= 11 is 0. The number of nitrogens with zero attached hydrogens (tertiary/aromatic N) is 1. The van der Waals surface area contributed by atoms with Crippen LogP contribution in [0.1, 0.15) is 44.7 Å². The van der Waals surface area contributed by atoms with Gasteiger partial charge in [-0.25, -0.2) is 13.6 Å². The SMILES string of the molecule is CC(C)(C)OC(=O)C(N=C(c1ccccc1)c1ccccc1)C(F)C(F)CCCF. The molecule has 2 rings (SSSR count). The van der Waals surface area contributed by atoms with Crippen LogP contribution in [0.4, 0.5) is 13.2 Å². The first-order valence-corrected chi connectivity index (χ1v) is 9.98. The van der Waals surface area contributed by atoms with Crippen molar-refractivity contribution < 1.29 is 22.7 Å². The van der Waals surface area contributed by atoms with E-state index in [-0.39, 0.29) is 12.8 Å². The molecule has 2 aromatic rings. The summed E-state index contributed by atoms with van der Waals surface area (Å²) in [7, 11) is 0. The average Bonchev–Trinajstić information content (AvgIpc) is 2.72. The number of ether oxygens (including phenoxy) is 1. The molecular weight excluding hydrogens is 391 g/mol. The Balaban J connectivity index is 2.52. The molecule has 0 bridgehead atoms. The largest absolute Gasteiger partial charge is 0.458 e. The summed E-state index contributed by atoms with van der Waals surface area (Å²) in [5.74, 6) is -0.956. The first-order chi connectivity index (χ1) is 14.2. The maximum absolute atomic E-state index is 15.1. The van der Waals surface area contributed by atoms with Crippen molar-refractivity contribution in [3.63, 3.8) is 0 Å². The van der Waals surface area contributed by atoms with Crippen LogP contribution in [0.5, 0.6) is 0 Å². The highest BCUT2D eigenvalue weighted by atomic mass is 19.2. The first kappa shape index (κ1) is 23.6. The molecule has 0 aromatic heterocycles. The Morgan fingerprint density at radius 1 is 0.967 bits per heavy atom. The van der Waals surface area contributed by atoms with Gasteiger partial charge in [-0.15, -0.1) is 0 Å². The number of rotatable bonds is 9. The van der Waals surface area contributed by atoms with Gasteiger partial charge in [0.05, 0.1) is 12.4 Å². The Bertz CT molecular complexity index is 778. The maximum atomic E-state index is 15.1. The zero-order valence-electron chi connectivity index (χ0n) is 17.5. The van der Waals surface area contributed by atoms with Crippen molar-refractivity contribution in [2.75, 3.05) is 6.67 Å². The smallest absolute Gasteiger partial charge is 0.334 e. The zero-order valence-corrected chi connectivity index (χ0v) is 17.5. The lowest BCUT2D eigenvalue weighted by Crippen LogP contribution is -2.41. The Hall–Kier alpha value is -2.63. The van der Waals surface area contributed by atoms with E-state index in [4.69, 9.17) is 4.74 Å². The predicted molar refractivity (Wildman–Crippen MR) is 113 cm³/mol. The molecule has 0 heterocycles. The standard InChI is InChI=1S/C24H28F3NO2/c1-24(2,3)30-23(29)22(20(27)19(26)15-10-16-25)28-21(17-11-6-4-7-12-17)18-13-8-5-9-14-18/h4-9,11-14,19-20,22H,10,15-16H2,1-3H3. The molecule has 162 valence electrons. The molecule has 6 heteroatoms. The highest BCUT2D eigenvalue weighted by molar-refractivity contribution is 6.13. The van der Waals surface area contributed by atoms with Gasteiger partial charge in [-0.2, -0.15) is 0 Å². The van der Waals surface area contributed by atoms with Gasteiger partial charge in [-0.1, -0.05) is 60.7 Å². The van der Waals surface area contributed by atoms with Gasteiger partial charge >= 0.3 is 5.97 Å². The number of benzene rings is 2. The fraction of sp³-hybridized carbons (Fsp3) is 0.417. The lowest BCUT2D eigenvalue weighted by Gasteiger charge is -2.26. The van der Waals surface area contributed by atoms with Crippen LogP contribution >= 0.6 is 0 Å². The molecule has 0 radical (unpaired) electrons. The monoisotopic (exact) mass is 419 g/mol. The van der Waals surface area contributed by atoms with Gasteiger partial charge < -0.3 is 4.74 Å². The third kappa shape index (κ3) is 7.01. The van der Waals surface area contributed by atoms with Crippen molar-refractivity contribution in [1.29, 1.82) is 0 Å². The highest BCUT2D eigenvalue weighted by Crippen LogP contribution is 2.22. The molecule has 0 aliphatic heterocycles. The Labute approximate surface area is 176 Å². The Kier molecular flexibility index (Phi) is 8.63. The third-order valence-electron chi connectivity index (χ3n) is 4.27. The van der Waals surface area contributed by atoms with Crippen molar-refractivity contribution in [2.24, 2.45) is 4.99 Å². The van der Waals surface area contributed by atoms with E-state index < -0.39 is 36.6 Å². The van der Waals surface area contributed by atoms with Crippen LogP contribution in [0, 0.1) is 0 Å². The van der Waals surface area contributed by atoms with E-state index in [1.54, 1.807) is 69.3 Å². The quantitative estimate of drug-likeness (QED) is 0.389. The summed E-state index contributed by atoms with van der Waals surface area (Å²) in [5.41, 5.74) is 0.772. The minimum absolute atomic E-state index is 0.128. The second kappa shape index (κ2) is 11.0. The van der Waals surface area contributed by atoms with Crippen LogP contribution in [0.15, 0.2) is 65.7 Å². The van der Waals surface area contributed by atoms with Crippen molar-refractivity contribution in [3.05, 3.63) is 71.8 Å². The molecule has 0 N–H and O–H groups in total. The van der Waals surface area contributed by atoms with Crippen molar-refractivity contribution >= 4 is 11.7 Å². The summed E-state index contributed by atoms with van der Waals surface area (Å²) in [6.45, 7) is 4.17. The number of halogens is 3. The molecule has 0 saturated heterocycles. The van der Waals surface area contributed by atoms with Crippen LogP contribution in [-0.4, -0.2) is 42.3 Å².